The van der Waals surface area contributed by atoms with Gasteiger partial charge in [0.15, 0.2) is 6.29 Å². The third-order valence-electron chi connectivity index (χ3n) is 1.42. The van der Waals surface area contributed by atoms with Gasteiger partial charge < -0.3 is 30.3 Å². The van der Waals surface area contributed by atoms with E-state index in [0.717, 1.165) is 0 Å². The lowest BCUT2D eigenvalue weighted by atomic mass is 10.0. The van der Waals surface area contributed by atoms with Crippen LogP contribution in [0, 0.1) is 0 Å². The van der Waals surface area contributed by atoms with E-state index in [1.165, 1.54) is 0 Å². The molecule has 0 aliphatic heterocycles. The number of carbonyl (C=O) groups is 1. The number of rotatable bonds is 5. The van der Waals surface area contributed by atoms with Gasteiger partial charge in [0, 0.05) is 0 Å². The maximum atomic E-state index is 9.90. The molecule has 0 aromatic carbocycles. The Morgan fingerprint density at radius 1 is 1.08 bits per heavy atom. The summed E-state index contributed by atoms with van der Waals surface area (Å²) in [4.78, 5) is 9.90. The second kappa shape index (κ2) is 7.32. The van der Waals surface area contributed by atoms with E-state index in [4.69, 9.17) is 25.5 Å². The zero-order chi connectivity index (χ0) is 9.72. The Hall–Kier alpha value is -0.1000. The number of aldehydes is 1. The van der Waals surface area contributed by atoms with E-state index < -0.39 is 31.0 Å². The quantitative estimate of drug-likeness (QED) is 0.241. The number of carbonyl (C=O) groups excluding carboxylic acids is 1. The minimum Gasteiger partial charge on any atom is -0.394 e. The van der Waals surface area contributed by atoms with E-state index in [1.807, 2.05) is 0 Å². The minimum absolute atomic E-state index is 0. The van der Waals surface area contributed by atoms with Gasteiger partial charge in [-0.2, -0.15) is 9.90 Å². The first-order valence-electron chi connectivity index (χ1n) is 3.33. The van der Waals surface area contributed by atoms with Crippen molar-refractivity contribution in [1.29, 1.82) is 0 Å². The Morgan fingerprint density at radius 2 is 1.54 bits per heavy atom. The molecular formula is C6H15O6P. The predicted molar refractivity (Wildman–Crippen MR) is 48.3 cm³/mol. The molecule has 0 aromatic heterocycles. The van der Waals surface area contributed by atoms with Gasteiger partial charge in [-0.1, -0.05) is 0 Å². The van der Waals surface area contributed by atoms with E-state index in [2.05, 4.69) is 0 Å². The van der Waals surface area contributed by atoms with Crippen LogP contribution in [-0.4, -0.2) is 62.8 Å². The monoisotopic (exact) mass is 214 g/mol. The Morgan fingerprint density at radius 3 is 1.85 bits per heavy atom. The molecule has 0 saturated carbocycles. The van der Waals surface area contributed by atoms with Crippen LogP contribution in [0.25, 0.3) is 0 Å². The van der Waals surface area contributed by atoms with Crippen LogP contribution in [-0.2, 0) is 4.79 Å². The second-order valence-electron chi connectivity index (χ2n) is 2.36. The zero-order valence-corrected chi connectivity index (χ0v) is 8.36. The average Bonchev–Trinajstić information content (AvgIpc) is 2.12. The summed E-state index contributed by atoms with van der Waals surface area (Å²) >= 11 is 0. The molecule has 80 valence electrons. The molecule has 5 atom stereocenters. The van der Waals surface area contributed by atoms with Gasteiger partial charge in [-0.05, 0) is 0 Å². The number of hydrogen-bond acceptors (Lipinski definition) is 6. The third-order valence-corrected chi connectivity index (χ3v) is 1.42. The Balaban J connectivity index is 0. The Bertz CT molecular complexity index is 143. The highest BCUT2D eigenvalue weighted by Gasteiger charge is 2.29. The van der Waals surface area contributed by atoms with E-state index in [1.54, 1.807) is 0 Å². The van der Waals surface area contributed by atoms with Crippen molar-refractivity contribution in [3.8, 4) is 0 Å². The summed E-state index contributed by atoms with van der Waals surface area (Å²) in [5.74, 6) is 0. The van der Waals surface area contributed by atoms with Gasteiger partial charge in [-0.3, -0.25) is 0 Å². The smallest absolute Gasteiger partial charge is 0.151 e. The molecule has 6 nitrogen and oxygen atoms in total. The molecule has 0 bridgehead atoms. The standard InChI is InChI=1S/C6H12O6.H3P/c7-1-3(9)5(11)6(12)4(10)2-8;/h1,3-6,8-12H,2H2;1H3/t3-,4+,5+,6+;/m0./s1. The maximum Gasteiger partial charge on any atom is 0.151 e. The van der Waals surface area contributed by atoms with Crippen molar-refractivity contribution in [2.45, 2.75) is 24.4 Å². The van der Waals surface area contributed by atoms with E-state index in [9.17, 15) is 4.79 Å². The topological polar surface area (TPSA) is 118 Å². The lowest BCUT2D eigenvalue weighted by molar-refractivity contribution is -0.136. The zero-order valence-electron chi connectivity index (χ0n) is 6.95. The number of aliphatic hydroxyl groups excluding tert-OH is 5. The summed E-state index contributed by atoms with van der Waals surface area (Å²) in [6, 6.07) is 0. The second-order valence-corrected chi connectivity index (χ2v) is 2.36. The lowest BCUT2D eigenvalue weighted by Crippen LogP contribution is -2.46. The summed E-state index contributed by atoms with van der Waals surface area (Å²) in [5.41, 5.74) is 0. The first kappa shape index (κ1) is 15.4. The van der Waals surface area contributed by atoms with E-state index in [0.29, 0.717) is 0 Å². The first-order valence-corrected chi connectivity index (χ1v) is 3.33. The SMILES string of the molecule is O=C[C@H](O)[C@@H](O)[C@H](O)[C@H](O)CO.P. The molecule has 0 heterocycles. The van der Waals surface area contributed by atoms with Crippen LogP contribution >= 0.6 is 9.90 Å². The number of aliphatic hydroxyl groups is 5. The fourth-order valence-electron chi connectivity index (χ4n) is 0.618. The summed E-state index contributed by atoms with van der Waals surface area (Å²) in [6.45, 7) is -0.760. The molecule has 0 aliphatic carbocycles. The highest BCUT2D eigenvalue weighted by Crippen LogP contribution is 2.02. The van der Waals surface area contributed by atoms with E-state index >= 15 is 0 Å². The van der Waals surface area contributed by atoms with Gasteiger partial charge in [0.2, 0.25) is 0 Å². The van der Waals surface area contributed by atoms with Crippen molar-refractivity contribution >= 4 is 16.2 Å². The van der Waals surface area contributed by atoms with Crippen LogP contribution < -0.4 is 0 Å². The summed E-state index contributed by atoms with van der Waals surface area (Å²) in [5, 5.41) is 43.5. The number of hydrogen-bond donors (Lipinski definition) is 5. The van der Waals surface area contributed by atoms with Crippen LogP contribution in [0.1, 0.15) is 0 Å². The molecule has 0 saturated heterocycles. The van der Waals surface area contributed by atoms with Crippen molar-refractivity contribution in [2.75, 3.05) is 6.61 Å². The van der Waals surface area contributed by atoms with Gasteiger partial charge in [-0.15, -0.1) is 0 Å². The van der Waals surface area contributed by atoms with Crippen molar-refractivity contribution < 1.29 is 30.3 Å². The molecule has 13 heavy (non-hydrogen) atoms. The predicted octanol–water partition coefficient (Wildman–Crippen LogP) is -3.32. The molecule has 0 rings (SSSR count). The minimum atomic E-state index is -1.79. The van der Waals surface area contributed by atoms with Crippen molar-refractivity contribution in [2.24, 2.45) is 0 Å². The molecule has 0 aromatic rings. The van der Waals surface area contributed by atoms with Crippen molar-refractivity contribution in [3.63, 3.8) is 0 Å². The van der Waals surface area contributed by atoms with E-state index in [-0.39, 0.29) is 16.2 Å². The highest BCUT2D eigenvalue weighted by molar-refractivity contribution is 6.92. The fourth-order valence-corrected chi connectivity index (χ4v) is 0.618. The lowest BCUT2D eigenvalue weighted by Gasteiger charge is -2.22. The molecule has 5 N–H and O–H groups in total. The Kier molecular flexibility index (Phi) is 8.65. The third kappa shape index (κ3) is 4.61. The largest absolute Gasteiger partial charge is 0.394 e. The maximum absolute atomic E-state index is 9.90. The molecule has 0 radical (unpaired) electrons. The highest BCUT2D eigenvalue weighted by atomic mass is 31.0. The molecule has 0 aliphatic rings. The fraction of sp³-hybridized carbons (Fsp3) is 0.833. The summed E-state index contributed by atoms with van der Waals surface area (Å²) in [7, 11) is 0. The van der Waals surface area contributed by atoms with Gasteiger partial charge in [0.05, 0.1) is 6.61 Å². The Labute approximate surface area is 78.4 Å². The van der Waals surface area contributed by atoms with Gasteiger partial charge in [-0.25, -0.2) is 0 Å². The van der Waals surface area contributed by atoms with Crippen LogP contribution in [0.2, 0.25) is 0 Å². The van der Waals surface area contributed by atoms with Crippen LogP contribution in [0.3, 0.4) is 0 Å². The van der Waals surface area contributed by atoms with Gasteiger partial charge in [0.1, 0.15) is 24.4 Å². The van der Waals surface area contributed by atoms with Gasteiger partial charge in [0.25, 0.3) is 0 Å². The van der Waals surface area contributed by atoms with Crippen LogP contribution in [0.4, 0.5) is 0 Å². The van der Waals surface area contributed by atoms with Crippen molar-refractivity contribution in [1.82, 2.24) is 0 Å². The van der Waals surface area contributed by atoms with Crippen LogP contribution in [0.15, 0.2) is 0 Å². The van der Waals surface area contributed by atoms with Crippen LogP contribution in [0.5, 0.6) is 0 Å². The summed E-state index contributed by atoms with van der Waals surface area (Å²) < 4.78 is 0. The first-order chi connectivity index (χ1) is 5.54. The normalized spacial score (nSPS) is 19.5. The van der Waals surface area contributed by atoms with Crippen molar-refractivity contribution in [3.05, 3.63) is 0 Å². The molecule has 0 amide bonds. The average molecular weight is 214 g/mol. The molecule has 1 unspecified atom stereocenters. The molecule has 0 spiro atoms. The molecule has 0 fully saturated rings. The summed E-state index contributed by atoms with van der Waals surface area (Å²) in [6.07, 6.45) is -6.84. The molecular weight excluding hydrogens is 199 g/mol. The molecule has 7 heteroatoms. The van der Waals surface area contributed by atoms with Gasteiger partial charge >= 0.3 is 0 Å².